The summed E-state index contributed by atoms with van der Waals surface area (Å²) < 4.78 is 63.7. The van der Waals surface area contributed by atoms with Crippen molar-refractivity contribution in [3.05, 3.63) is 46.2 Å². The number of anilines is 1. The average Bonchev–Trinajstić information content (AvgIpc) is 3.10. The molecule has 1 aromatic carbocycles. The van der Waals surface area contributed by atoms with Crippen molar-refractivity contribution >= 4 is 29.4 Å². The molecule has 4 N–H and O–H groups in total. The molecule has 3 aliphatic rings. The lowest BCUT2D eigenvalue weighted by atomic mass is 9.90. The predicted molar refractivity (Wildman–Crippen MR) is 172 cm³/mol. The summed E-state index contributed by atoms with van der Waals surface area (Å²) in [6.07, 6.45) is -2.57. The first kappa shape index (κ1) is 37.8. The second-order valence-corrected chi connectivity index (χ2v) is 12.9. The first-order valence-corrected chi connectivity index (χ1v) is 16.3. The fourth-order valence-corrected chi connectivity index (χ4v) is 5.99. The summed E-state index contributed by atoms with van der Waals surface area (Å²) in [4.78, 5) is 45.1. The number of carbonyl (C=O) groups excluding carboxylic acids is 3. The molecule has 1 fully saturated rings. The molecule has 4 rings (SSSR count). The number of nitrogens with two attached hydrogens (primary N) is 1. The second kappa shape index (κ2) is 16.1. The van der Waals surface area contributed by atoms with Crippen molar-refractivity contribution in [2.75, 3.05) is 39.0 Å². The number of alkyl halides is 3. The molecule has 272 valence electrons. The molecule has 2 atom stereocenters. The van der Waals surface area contributed by atoms with Crippen LogP contribution in [0, 0.1) is 0 Å². The van der Waals surface area contributed by atoms with Crippen LogP contribution in [0.3, 0.4) is 0 Å². The fraction of sp³-hybridized carbons (Fsp3) is 0.606. The van der Waals surface area contributed by atoms with Gasteiger partial charge in [-0.3, -0.25) is 15.1 Å². The zero-order valence-corrected chi connectivity index (χ0v) is 28.5. The van der Waals surface area contributed by atoms with Crippen molar-refractivity contribution in [2.45, 2.75) is 96.7 Å². The summed E-state index contributed by atoms with van der Waals surface area (Å²) in [5.41, 5.74) is 9.28. The number of esters is 1. The summed E-state index contributed by atoms with van der Waals surface area (Å²) in [6.45, 7) is 7.20. The van der Waals surface area contributed by atoms with Gasteiger partial charge in [-0.15, -0.1) is 0 Å². The topological polar surface area (TPSA) is 154 Å². The Morgan fingerprint density at radius 3 is 2.57 bits per heavy atom. The lowest BCUT2D eigenvalue weighted by Crippen LogP contribution is -2.55. The van der Waals surface area contributed by atoms with Gasteiger partial charge in [0.1, 0.15) is 17.3 Å². The number of ether oxygens (including phenoxy) is 4. The lowest BCUT2D eigenvalue weighted by Gasteiger charge is -2.39. The van der Waals surface area contributed by atoms with Gasteiger partial charge >= 0.3 is 18.2 Å². The van der Waals surface area contributed by atoms with E-state index in [0.29, 0.717) is 52.9 Å². The van der Waals surface area contributed by atoms with Crippen molar-refractivity contribution in [2.24, 2.45) is 5.73 Å². The number of fused-ring (bicyclic) bond motifs is 2. The highest BCUT2D eigenvalue weighted by atomic mass is 19.4. The van der Waals surface area contributed by atoms with Crippen LogP contribution in [-0.2, 0) is 46.4 Å². The Morgan fingerprint density at radius 1 is 1.16 bits per heavy atom. The van der Waals surface area contributed by atoms with Gasteiger partial charge in [0.05, 0.1) is 18.9 Å². The molecule has 0 radical (unpaired) electrons. The number of hydrogen-bond acceptors (Lipinski definition) is 11. The Labute approximate surface area is 283 Å². The number of amides is 2. The van der Waals surface area contributed by atoms with E-state index in [0.717, 1.165) is 11.2 Å². The largest absolute Gasteiger partial charge is 0.464 e. The third-order valence-electron chi connectivity index (χ3n) is 8.07. The molecule has 3 aliphatic heterocycles. The van der Waals surface area contributed by atoms with E-state index >= 15 is 0 Å². The number of allylic oxidation sites excluding steroid dienone is 3. The van der Waals surface area contributed by atoms with Gasteiger partial charge in [0, 0.05) is 44.0 Å². The van der Waals surface area contributed by atoms with Crippen molar-refractivity contribution in [3.8, 4) is 0 Å². The number of halogens is 3. The minimum absolute atomic E-state index is 0.0169. The van der Waals surface area contributed by atoms with Gasteiger partial charge in [-0.1, -0.05) is 6.07 Å². The monoisotopic (exact) mass is 697 g/mol. The molecular weight excluding hydrogens is 651 g/mol. The number of piperidine rings is 1. The number of nitrogens with zero attached hydrogens (tertiary/aromatic N) is 2. The number of nitrogens with one attached hydrogen (secondary N) is 2. The molecule has 0 saturated carbocycles. The number of hydrogen-bond donors (Lipinski definition) is 3. The number of primary amides is 1. The third kappa shape index (κ3) is 9.79. The zero-order valence-electron chi connectivity index (χ0n) is 28.5. The Bertz CT molecular complexity index is 1440. The summed E-state index contributed by atoms with van der Waals surface area (Å²) >= 11 is 0. The molecule has 16 heteroatoms. The maximum absolute atomic E-state index is 13.9. The first-order valence-electron chi connectivity index (χ1n) is 16.3. The standard InChI is InChI=1S/C33H46F3N5O8/c1-6-47-30(43)26-13-9-21(17-40(26)31(44)49-32(2,3)4)38-25-12-10-23-24(22(25)11-14-28(37)42)18-46-15-7-8-20-16-27(33(34,35)36)39-41(29(20)23)48-19-45-5/h10,12,16,21,26,38-39H,6-9,11,13-15,17-19H2,1-5H3,(H2,37,42)/t21-,26+/m1/s1. The van der Waals surface area contributed by atoms with Crippen LogP contribution in [0.1, 0.15) is 76.5 Å². The fourth-order valence-electron chi connectivity index (χ4n) is 5.99. The molecule has 0 bridgehead atoms. The number of methoxy groups -OCH3 is 1. The van der Waals surface area contributed by atoms with Gasteiger partial charge < -0.3 is 30.0 Å². The molecule has 0 spiro atoms. The van der Waals surface area contributed by atoms with Gasteiger partial charge in [-0.05, 0) is 88.6 Å². The highest BCUT2D eigenvalue weighted by Crippen LogP contribution is 2.40. The average molecular weight is 698 g/mol. The van der Waals surface area contributed by atoms with E-state index in [1.165, 1.54) is 12.0 Å². The molecule has 0 unspecified atom stereocenters. The number of carbonyl (C=O) groups is 3. The van der Waals surface area contributed by atoms with Crippen LogP contribution in [0.4, 0.5) is 23.7 Å². The van der Waals surface area contributed by atoms with Crippen molar-refractivity contribution in [1.82, 2.24) is 15.5 Å². The van der Waals surface area contributed by atoms with E-state index in [-0.39, 0.29) is 58.5 Å². The third-order valence-corrected chi connectivity index (χ3v) is 8.07. The first-order chi connectivity index (χ1) is 23.1. The van der Waals surface area contributed by atoms with Crippen LogP contribution in [0.25, 0.3) is 5.70 Å². The van der Waals surface area contributed by atoms with Gasteiger partial charge in [0.15, 0.2) is 6.79 Å². The molecular formula is C33H46F3N5O8. The van der Waals surface area contributed by atoms with Gasteiger partial charge in [0.2, 0.25) is 5.91 Å². The SMILES string of the molecule is CCOC(=O)[C@@H]1CC[C@@H](Nc2ccc3c(c2CCC(N)=O)COCCCC2=C3N(OCOC)NC(C(F)(F)F)=C2)CN1C(=O)OC(C)(C)C. The van der Waals surface area contributed by atoms with Crippen LogP contribution in [0.2, 0.25) is 0 Å². The van der Waals surface area contributed by atoms with E-state index in [9.17, 15) is 27.6 Å². The summed E-state index contributed by atoms with van der Waals surface area (Å²) in [6, 6.07) is 2.35. The van der Waals surface area contributed by atoms with Gasteiger partial charge in [-0.2, -0.15) is 18.3 Å². The molecule has 0 aromatic heterocycles. The van der Waals surface area contributed by atoms with Crippen molar-refractivity contribution in [3.63, 3.8) is 0 Å². The van der Waals surface area contributed by atoms with Crippen LogP contribution >= 0.6 is 0 Å². The van der Waals surface area contributed by atoms with Gasteiger partial charge in [-0.25, -0.2) is 14.4 Å². The molecule has 2 amide bonds. The van der Waals surface area contributed by atoms with E-state index in [1.54, 1.807) is 39.8 Å². The lowest BCUT2D eigenvalue weighted by molar-refractivity contribution is -0.214. The van der Waals surface area contributed by atoms with E-state index in [2.05, 4.69) is 10.7 Å². The Kier molecular flexibility index (Phi) is 12.4. The maximum Gasteiger partial charge on any atom is 0.432 e. The van der Waals surface area contributed by atoms with Crippen molar-refractivity contribution < 1.29 is 51.3 Å². The molecule has 3 heterocycles. The molecule has 13 nitrogen and oxygen atoms in total. The number of rotatable bonds is 10. The van der Waals surface area contributed by atoms with E-state index in [4.69, 9.17) is 29.5 Å². The minimum Gasteiger partial charge on any atom is -0.464 e. The predicted octanol–water partition coefficient (Wildman–Crippen LogP) is 4.67. The van der Waals surface area contributed by atoms with Gasteiger partial charge in [0.25, 0.3) is 0 Å². The number of hydroxylamine groups is 1. The summed E-state index contributed by atoms with van der Waals surface area (Å²) in [7, 11) is 1.36. The number of benzene rings is 1. The highest BCUT2D eigenvalue weighted by molar-refractivity contribution is 5.82. The molecule has 49 heavy (non-hydrogen) atoms. The number of likely N-dealkylation sites (tertiary alicyclic amines) is 1. The smallest absolute Gasteiger partial charge is 0.432 e. The second-order valence-electron chi connectivity index (χ2n) is 12.9. The summed E-state index contributed by atoms with van der Waals surface area (Å²) in [5, 5.41) is 4.46. The normalized spacial score (nSPS) is 20.1. The van der Waals surface area contributed by atoms with Crippen molar-refractivity contribution in [1.29, 1.82) is 0 Å². The quantitative estimate of drug-likeness (QED) is 0.231. The Morgan fingerprint density at radius 2 is 1.92 bits per heavy atom. The maximum atomic E-state index is 13.9. The molecule has 1 aromatic rings. The molecule has 1 saturated heterocycles. The van der Waals surface area contributed by atoms with Crippen LogP contribution in [-0.4, -0.2) is 85.6 Å². The van der Waals surface area contributed by atoms with E-state index < -0.39 is 41.5 Å². The summed E-state index contributed by atoms with van der Waals surface area (Å²) in [5.74, 6) is -1.06. The zero-order chi connectivity index (χ0) is 35.9. The van der Waals surface area contributed by atoms with Crippen LogP contribution < -0.4 is 16.5 Å². The highest BCUT2D eigenvalue weighted by Gasteiger charge is 2.41. The Balaban J connectivity index is 1.78. The van der Waals surface area contributed by atoms with Crippen LogP contribution in [0.5, 0.6) is 0 Å². The Hall–Kier alpha value is -4.02. The van der Waals surface area contributed by atoms with Crippen LogP contribution in [0.15, 0.2) is 29.5 Å². The molecule has 0 aliphatic carbocycles. The minimum atomic E-state index is -4.68. The number of hydrazine groups is 1. The van der Waals surface area contributed by atoms with E-state index in [1.807, 2.05) is 0 Å².